The Labute approximate surface area is 145 Å². The molecule has 2 atom stereocenters. The lowest BCUT2D eigenvalue weighted by Crippen LogP contribution is -2.41. The molecule has 1 aliphatic heterocycles. The summed E-state index contributed by atoms with van der Waals surface area (Å²) in [7, 11) is 0. The maximum Gasteiger partial charge on any atom is 0.123 e. The first-order valence-electron chi connectivity index (χ1n) is 8.24. The van der Waals surface area contributed by atoms with E-state index < -0.39 is 6.10 Å². The highest BCUT2D eigenvalue weighted by Gasteiger charge is 2.31. The molecule has 2 rings (SSSR count). The topological polar surface area (TPSA) is 35.5 Å². The highest BCUT2D eigenvalue weighted by molar-refractivity contribution is 5.85. The molecule has 1 fully saturated rings. The number of hydrogen-bond donors (Lipinski definition) is 2. The zero-order valence-electron chi connectivity index (χ0n) is 14.4. The molecule has 2 N–H and O–H groups in total. The summed E-state index contributed by atoms with van der Waals surface area (Å²) in [6.07, 6.45) is 0.603. The monoisotopic (exact) mass is 344 g/mol. The maximum absolute atomic E-state index is 13.0. The average molecular weight is 345 g/mol. The maximum atomic E-state index is 13.0. The third-order valence-electron chi connectivity index (χ3n) is 4.37. The number of nitrogens with zero attached hydrogens (tertiary/aromatic N) is 1. The van der Waals surface area contributed by atoms with Crippen molar-refractivity contribution in [3.8, 4) is 0 Å². The van der Waals surface area contributed by atoms with Gasteiger partial charge in [-0.3, -0.25) is 4.90 Å². The first-order chi connectivity index (χ1) is 10.4. The molecule has 1 aromatic rings. The second-order valence-corrected chi connectivity index (χ2v) is 7.39. The Hall–Kier alpha value is -0.680. The Morgan fingerprint density at radius 2 is 1.91 bits per heavy atom. The van der Waals surface area contributed by atoms with E-state index >= 15 is 0 Å². The van der Waals surface area contributed by atoms with Gasteiger partial charge in [-0.25, -0.2) is 4.39 Å². The fourth-order valence-electron chi connectivity index (χ4n) is 3.30. The zero-order valence-corrected chi connectivity index (χ0v) is 15.2. The first kappa shape index (κ1) is 20.4. The van der Waals surface area contributed by atoms with Gasteiger partial charge in [0, 0.05) is 26.2 Å². The molecule has 1 saturated heterocycles. The van der Waals surface area contributed by atoms with E-state index in [1.165, 1.54) is 18.6 Å². The van der Waals surface area contributed by atoms with E-state index in [1.807, 2.05) is 0 Å². The molecular formula is C18H30ClFN2O. The number of nitrogens with one attached hydrogen (secondary N) is 1. The van der Waals surface area contributed by atoms with E-state index in [0.717, 1.165) is 31.7 Å². The van der Waals surface area contributed by atoms with Gasteiger partial charge in [-0.2, -0.15) is 0 Å². The van der Waals surface area contributed by atoms with Gasteiger partial charge >= 0.3 is 0 Å². The Balaban J connectivity index is 0.00000264. The molecule has 0 amide bonds. The molecule has 0 bridgehead atoms. The lowest BCUT2D eigenvalue weighted by Gasteiger charge is -2.34. The van der Waals surface area contributed by atoms with Gasteiger partial charge in [0.1, 0.15) is 5.82 Å². The van der Waals surface area contributed by atoms with Crippen LogP contribution in [-0.4, -0.2) is 42.7 Å². The third-order valence-corrected chi connectivity index (χ3v) is 4.37. The molecule has 0 spiro atoms. The number of aliphatic hydroxyl groups is 1. The quantitative estimate of drug-likeness (QED) is 0.797. The van der Waals surface area contributed by atoms with Crippen molar-refractivity contribution in [2.24, 2.45) is 11.3 Å². The summed E-state index contributed by atoms with van der Waals surface area (Å²) in [6, 6.07) is 6.17. The fraction of sp³-hybridized carbons (Fsp3) is 0.667. The highest BCUT2D eigenvalue weighted by Crippen LogP contribution is 2.27. The largest absolute Gasteiger partial charge is 0.387 e. The van der Waals surface area contributed by atoms with Crippen LogP contribution in [0.3, 0.4) is 0 Å². The predicted molar refractivity (Wildman–Crippen MR) is 95.5 cm³/mol. The highest BCUT2D eigenvalue weighted by atomic mass is 35.5. The molecule has 1 heterocycles. The molecule has 1 aliphatic rings. The average Bonchev–Trinajstić information content (AvgIpc) is 2.85. The fourth-order valence-corrected chi connectivity index (χ4v) is 3.30. The van der Waals surface area contributed by atoms with Gasteiger partial charge in [0.15, 0.2) is 0 Å². The molecule has 3 nitrogen and oxygen atoms in total. The number of hydrogen-bond acceptors (Lipinski definition) is 3. The minimum atomic E-state index is -0.572. The molecule has 1 aromatic carbocycles. The van der Waals surface area contributed by atoms with E-state index in [2.05, 4.69) is 31.0 Å². The van der Waals surface area contributed by atoms with Crippen molar-refractivity contribution >= 4 is 12.4 Å². The Bertz CT molecular complexity index is 461. The molecule has 0 aromatic heterocycles. The summed E-state index contributed by atoms with van der Waals surface area (Å²) in [5.74, 6) is 0.290. The number of halogens is 2. The Kier molecular flexibility index (Phi) is 7.95. The summed E-state index contributed by atoms with van der Waals surface area (Å²) >= 11 is 0. The van der Waals surface area contributed by atoms with Gasteiger partial charge in [0.25, 0.3) is 0 Å². The van der Waals surface area contributed by atoms with Crippen molar-refractivity contribution in [2.45, 2.75) is 33.3 Å². The molecule has 0 aliphatic carbocycles. The summed E-state index contributed by atoms with van der Waals surface area (Å²) in [5.41, 5.74) is 1.06. The van der Waals surface area contributed by atoms with Crippen LogP contribution in [0, 0.1) is 17.2 Å². The molecule has 5 heteroatoms. The number of rotatable bonds is 7. The van der Waals surface area contributed by atoms with Gasteiger partial charge in [-0.05, 0) is 42.0 Å². The van der Waals surface area contributed by atoms with Crippen molar-refractivity contribution < 1.29 is 9.50 Å². The van der Waals surface area contributed by atoms with E-state index in [4.69, 9.17) is 0 Å². The molecule has 2 unspecified atom stereocenters. The van der Waals surface area contributed by atoms with E-state index in [-0.39, 0.29) is 23.6 Å². The minimum Gasteiger partial charge on any atom is -0.387 e. The second kappa shape index (κ2) is 8.97. The van der Waals surface area contributed by atoms with Crippen LogP contribution < -0.4 is 5.32 Å². The SMILES string of the molecule is CC(C)CN(CC(O)c1ccc(F)cc1)CC1(C)CCNC1.Cl. The van der Waals surface area contributed by atoms with Crippen LogP contribution in [0.25, 0.3) is 0 Å². The van der Waals surface area contributed by atoms with Gasteiger partial charge in [0.05, 0.1) is 6.10 Å². The van der Waals surface area contributed by atoms with E-state index in [0.29, 0.717) is 12.5 Å². The number of aliphatic hydroxyl groups excluding tert-OH is 1. The lowest BCUT2D eigenvalue weighted by atomic mass is 9.88. The molecular weight excluding hydrogens is 315 g/mol. The lowest BCUT2D eigenvalue weighted by molar-refractivity contribution is 0.0804. The Morgan fingerprint density at radius 1 is 1.26 bits per heavy atom. The van der Waals surface area contributed by atoms with Crippen molar-refractivity contribution in [3.63, 3.8) is 0 Å². The summed E-state index contributed by atoms with van der Waals surface area (Å²) in [6.45, 7) is 11.4. The third kappa shape index (κ3) is 6.38. The molecule has 23 heavy (non-hydrogen) atoms. The van der Waals surface area contributed by atoms with Crippen molar-refractivity contribution in [1.29, 1.82) is 0 Å². The van der Waals surface area contributed by atoms with Crippen molar-refractivity contribution in [3.05, 3.63) is 35.6 Å². The van der Waals surface area contributed by atoms with E-state index in [1.54, 1.807) is 12.1 Å². The van der Waals surface area contributed by atoms with Crippen molar-refractivity contribution in [1.82, 2.24) is 10.2 Å². The summed E-state index contributed by atoms with van der Waals surface area (Å²) in [4.78, 5) is 2.35. The summed E-state index contributed by atoms with van der Waals surface area (Å²) < 4.78 is 13.0. The van der Waals surface area contributed by atoms with Crippen LogP contribution >= 0.6 is 12.4 Å². The zero-order chi connectivity index (χ0) is 16.2. The van der Waals surface area contributed by atoms with Gasteiger partial charge in [0.2, 0.25) is 0 Å². The smallest absolute Gasteiger partial charge is 0.123 e. The second-order valence-electron chi connectivity index (χ2n) is 7.39. The number of benzene rings is 1. The Morgan fingerprint density at radius 3 is 2.43 bits per heavy atom. The normalized spacial score (nSPS) is 22.4. The van der Waals surface area contributed by atoms with Crippen LogP contribution in [-0.2, 0) is 0 Å². The minimum absolute atomic E-state index is 0. The van der Waals surface area contributed by atoms with Crippen LogP contribution in [0.4, 0.5) is 4.39 Å². The van der Waals surface area contributed by atoms with Crippen LogP contribution in [0.5, 0.6) is 0 Å². The van der Waals surface area contributed by atoms with Gasteiger partial charge in [-0.15, -0.1) is 12.4 Å². The van der Waals surface area contributed by atoms with Crippen LogP contribution in [0.2, 0.25) is 0 Å². The summed E-state index contributed by atoms with van der Waals surface area (Å²) in [5, 5.41) is 13.9. The predicted octanol–water partition coefficient (Wildman–Crippen LogP) is 3.24. The molecule has 132 valence electrons. The van der Waals surface area contributed by atoms with Crippen LogP contribution in [0.15, 0.2) is 24.3 Å². The van der Waals surface area contributed by atoms with Gasteiger partial charge < -0.3 is 10.4 Å². The standard InChI is InChI=1S/C18H29FN2O.ClH/c1-14(2)10-21(13-18(3)8-9-20-12-18)11-17(22)15-4-6-16(19)7-5-15;/h4-7,14,17,20,22H,8-13H2,1-3H3;1H. The van der Waals surface area contributed by atoms with Crippen LogP contribution in [0.1, 0.15) is 38.9 Å². The molecule has 0 saturated carbocycles. The van der Waals surface area contributed by atoms with Crippen molar-refractivity contribution in [2.75, 3.05) is 32.7 Å². The molecule has 0 radical (unpaired) electrons. The van der Waals surface area contributed by atoms with E-state index in [9.17, 15) is 9.50 Å². The van der Waals surface area contributed by atoms with Gasteiger partial charge in [-0.1, -0.05) is 32.9 Å². The first-order valence-corrected chi connectivity index (χ1v) is 8.24.